The lowest BCUT2D eigenvalue weighted by atomic mass is 10.2. The van der Waals surface area contributed by atoms with Gasteiger partial charge in [-0.3, -0.25) is 19.8 Å². The van der Waals surface area contributed by atoms with Crippen molar-refractivity contribution in [2.75, 3.05) is 43.1 Å². The lowest BCUT2D eigenvalue weighted by Gasteiger charge is -2.15. The zero-order valence-electron chi connectivity index (χ0n) is 13.1. The summed E-state index contributed by atoms with van der Waals surface area (Å²) in [5, 5.41) is 5.19. The van der Waals surface area contributed by atoms with E-state index in [1.165, 1.54) is 12.1 Å². The van der Waals surface area contributed by atoms with Crippen molar-refractivity contribution in [2.45, 2.75) is 6.92 Å². The highest BCUT2D eigenvalue weighted by Crippen LogP contribution is 2.26. The van der Waals surface area contributed by atoms with E-state index in [4.69, 9.17) is 9.47 Å². The number of carbonyl (C=O) groups excluding carboxylic acids is 3. The van der Waals surface area contributed by atoms with E-state index in [0.717, 1.165) is 11.0 Å². The Kier molecular flexibility index (Phi) is 6.07. The SMILES string of the molecule is CCOC(=O)CNCC(=O)Nc1ccc(F)c(N2CCOC2=O)c1. The summed E-state index contributed by atoms with van der Waals surface area (Å²) >= 11 is 0. The maximum atomic E-state index is 13.9. The van der Waals surface area contributed by atoms with Gasteiger partial charge in [0, 0.05) is 5.69 Å². The number of hydrogen-bond acceptors (Lipinski definition) is 6. The molecule has 0 aliphatic carbocycles. The quantitative estimate of drug-likeness (QED) is 0.716. The highest BCUT2D eigenvalue weighted by molar-refractivity contribution is 5.94. The van der Waals surface area contributed by atoms with E-state index in [9.17, 15) is 18.8 Å². The minimum Gasteiger partial charge on any atom is -0.465 e. The molecule has 1 fully saturated rings. The average Bonchev–Trinajstić information content (AvgIpc) is 2.95. The number of rotatable bonds is 7. The number of nitrogens with one attached hydrogen (secondary N) is 2. The van der Waals surface area contributed by atoms with Crippen LogP contribution in [0.2, 0.25) is 0 Å². The Morgan fingerprint density at radius 1 is 1.38 bits per heavy atom. The third-order valence-corrected chi connectivity index (χ3v) is 3.14. The van der Waals surface area contributed by atoms with Gasteiger partial charge in [0.15, 0.2) is 0 Å². The standard InChI is InChI=1S/C15H18FN3O5/c1-2-23-14(21)9-17-8-13(20)18-10-3-4-11(16)12(7-10)19-5-6-24-15(19)22/h3-4,7,17H,2,5-6,8-9H2,1H3,(H,18,20). The zero-order chi connectivity index (χ0) is 17.5. The van der Waals surface area contributed by atoms with E-state index in [1.807, 2.05) is 0 Å². The van der Waals surface area contributed by atoms with Crippen LogP contribution in [0.1, 0.15) is 6.92 Å². The molecule has 0 bridgehead atoms. The zero-order valence-corrected chi connectivity index (χ0v) is 13.1. The summed E-state index contributed by atoms with van der Waals surface area (Å²) in [7, 11) is 0. The van der Waals surface area contributed by atoms with Crippen molar-refractivity contribution in [2.24, 2.45) is 0 Å². The highest BCUT2D eigenvalue weighted by atomic mass is 19.1. The Bertz CT molecular complexity index is 638. The van der Waals surface area contributed by atoms with E-state index in [1.54, 1.807) is 6.92 Å². The molecular formula is C15H18FN3O5. The van der Waals surface area contributed by atoms with Gasteiger partial charge < -0.3 is 14.8 Å². The minimum absolute atomic E-state index is 0.0368. The topological polar surface area (TPSA) is 97.0 Å². The van der Waals surface area contributed by atoms with Crippen molar-refractivity contribution < 1.29 is 28.2 Å². The smallest absolute Gasteiger partial charge is 0.414 e. The molecule has 0 atom stereocenters. The van der Waals surface area contributed by atoms with Crippen molar-refractivity contribution in [1.82, 2.24) is 5.32 Å². The van der Waals surface area contributed by atoms with Gasteiger partial charge in [0.05, 0.1) is 31.9 Å². The first-order valence-electron chi connectivity index (χ1n) is 7.41. The third kappa shape index (κ3) is 4.66. The Morgan fingerprint density at radius 3 is 2.83 bits per heavy atom. The molecule has 1 aromatic carbocycles. The Hall–Kier alpha value is -2.68. The summed E-state index contributed by atoms with van der Waals surface area (Å²) in [5.41, 5.74) is 0.365. The molecule has 1 aromatic rings. The summed E-state index contributed by atoms with van der Waals surface area (Å²) in [5.74, 6) is -1.46. The molecule has 1 heterocycles. The van der Waals surface area contributed by atoms with Crippen LogP contribution in [0.25, 0.3) is 0 Å². The predicted octanol–water partition coefficient (Wildman–Crippen LogP) is 0.874. The Balaban J connectivity index is 1.91. The number of benzene rings is 1. The summed E-state index contributed by atoms with van der Waals surface area (Å²) in [6.45, 7) is 2.19. The third-order valence-electron chi connectivity index (χ3n) is 3.14. The molecule has 8 nitrogen and oxygen atoms in total. The average molecular weight is 339 g/mol. The van der Waals surface area contributed by atoms with Gasteiger partial charge in [-0.15, -0.1) is 0 Å². The highest BCUT2D eigenvalue weighted by Gasteiger charge is 2.26. The molecule has 2 rings (SSSR count). The number of hydrogen-bond donors (Lipinski definition) is 2. The summed E-state index contributed by atoms with van der Waals surface area (Å²) < 4.78 is 23.4. The first-order chi connectivity index (χ1) is 11.5. The summed E-state index contributed by atoms with van der Waals surface area (Å²) in [6.07, 6.45) is -0.631. The molecule has 1 saturated heterocycles. The fraction of sp³-hybridized carbons (Fsp3) is 0.400. The van der Waals surface area contributed by atoms with Crippen LogP contribution < -0.4 is 15.5 Å². The molecule has 9 heteroatoms. The molecule has 0 saturated carbocycles. The number of anilines is 2. The number of amides is 2. The maximum Gasteiger partial charge on any atom is 0.414 e. The number of ether oxygens (including phenoxy) is 2. The molecule has 1 aliphatic heterocycles. The number of nitrogens with zero attached hydrogens (tertiary/aromatic N) is 1. The van der Waals surface area contributed by atoms with E-state index < -0.39 is 23.8 Å². The van der Waals surface area contributed by atoms with Gasteiger partial charge in [-0.05, 0) is 25.1 Å². The predicted molar refractivity (Wildman–Crippen MR) is 83.2 cm³/mol. The van der Waals surface area contributed by atoms with Gasteiger partial charge in [-0.25, -0.2) is 9.18 Å². The lowest BCUT2D eigenvalue weighted by molar-refractivity contribution is -0.141. The van der Waals surface area contributed by atoms with Crippen molar-refractivity contribution in [3.8, 4) is 0 Å². The first kappa shape index (κ1) is 17.7. The van der Waals surface area contributed by atoms with E-state index >= 15 is 0 Å². The summed E-state index contributed by atoms with van der Waals surface area (Å²) in [6, 6.07) is 3.89. The van der Waals surface area contributed by atoms with Crippen LogP contribution in [-0.4, -0.2) is 50.8 Å². The van der Waals surface area contributed by atoms with E-state index in [2.05, 4.69) is 10.6 Å². The van der Waals surface area contributed by atoms with Crippen LogP contribution in [0.15, 0.2) is 18.2 Å². The van der Waals surface area contributed by atoms with Crippen molar-refractivity contribution in [3.05, 3.63) is 24.0 Å². The van der Waals surface area contributed by atoms with Crippen LogP contribution >= 0.6 is 0 Å². The van der Waals surface area contributed by atoms with Gasteiger partial charge in [0.2, 0.25) is 5.91 Å². The molecule has 24 heavy (non-hydrogen) atoms. The van der Waals surface area contributed by atoms with Crippen LogP contribution in [0, 0.1) is 5.82 Å². The molecule has 2 amide bonds. The number of cyclic esters (lactones) is 1. The second-order valence-corrected chi connectivity index (χ2v) is 4.89. The Morgan fingerprint density at radius 2 is 2.17 bits per heavy atom. The number of carbonyl (C=O) groups is 3. The molecule has 1 aliphatic rings. The van der Waals surface area contributed by atoms with Gasteiger partial charge in [0.1, 0.15) is 12.4 Å². The van der Waals surface area contributed by atoms with Gasteiger partial charge in [0.25, 0.3) is 0 Å². The molecule has 130 valence electrons. The number of halogens is 1. The molecule has 2 N–H and O–H groups in total. The van der Waals surface area contributed by atoms with Crippen molar-refractivity contribution in [3.63, 3.8) is 0 Å². The lowest BCUT2D eigenvalue weighted by Crippen LogP contribution is -2.32. The fourth-order valence-corrected chi connectivity index (χ4v) is 2.10. The number of esters is 1. The van der Waals surface area contributed by atoms with Crippen LogP contribution in [-0.2, 0) is 19.1 Å². The molecule has 0 unspecified atom stereocenters. The molecule has 0 aromatic heterocycles. The minimum atomic E-state index is -0.631. The first-order valence-corrected chi connectivity index (χ1v) is 7.41. The maximum absolute atomic E-state index is 13.9. The normalized spacial score (nSPS) is 13.6. The second-order valence-electron chi connectivity index (χ2n) is 4.89. The van der Waals surface area contributed by atoms with Crippen molar-refractivity contribution >= 4 is 29.3 Å². The second kappa shape index (κ2) is 8.25. The van der Waals surface area contributed by atoms with Crippen LogP contribution in [0.5, 0.6) is 0 Å². The van der Waals surface area contributed by atoms with Gasteiger partial charge in [-0.2, -0.15) is 0 Å². The van der Waals surface area contributed by atoms with Crippen LogP contribution in [0.4, 0.5) is 20.6 Å². The van der Waals surface area contributed by atoms with E-state index in [-0.39, 0.29) is 38.5 Å². The van der Waals surface area contributed by atoms with Gasteiger partial charge in [-0.1, -0.05) is 0 Å². The fourth-order valence-electron chi connectivity index (χ4n) is 2.10. The molecule has 0 spiro atoms. The monoisotopic (exact) mass is 339 g/mol. The largest absolute Gasteiger partial charge is 0.465 e. The summed E-state index contributed by atoms with van der Waals surface area (Å²) in [4.78, 5) is 35.6. The molecular weight excluding hydrogens is 321 g/mol. The van der Waals surface area contributed by atoms with Crippen LogP contribution in [0.3, 0.4) is 0 Å². The molecule has 0 radical (unpaired) electrons. The Labute approximate surface area is 137 Å². The van der Waals surface area contributed by atoms with E-state index in [0.29, 0.717) is 5.69 Å². The van der Waals surface area contributed by atoms with Crippen molar-refractivity contribution in [1.29, 1.82) is 0 Å². The van der Waals surface area contributed by atoms with Gasteiger partial charge >= 0.3 is 12.1 Å².